The molecule has 1 amide bonds. The van der Waals surface area contributed by atoms with Crippen molar-refractivity contribution in [3.63, 3.8) is 0 Å². The van der Waals surface area contributed by atoms with Crippen LogP contribution in [0, 0.1) is 0 Å². The minimum atomic E-state index is -0.301. The zero-order chi connectivity index (χ0) is 26.6. The van der Waals surface area contributed by atoms with E-state index in [4.69, 9.17) is 0 Å². The molecule has 38 heavy (non-hydrogen) atoms. The molecule has 12 heteroatoms. The Morgan fingerprint density at radius 2 is 1.89 bits per heavy atom. The largest absolute Gasteiger partial charge is 0.353 e. The van der Waals surface area contributed by atoms with Crippen LogP contribution >= 0.6 is 0 Å². The third-order valence-electron chi connectivity index (χ3n) is 7.75. The van der Waals surface area contributed by atoms with Gasteiger partial charge in [-0.1, -0.05) is 5.10 Å². The van der Waals surface area contributed by atoms with Crippen LogP contribution in [0.4, 0.5) is 17.5 Å². The number of amides is 1. The predicted molar refractivity (Wildman–Crippen MR) is 146 cm³/mol. The lowest BCUT2D eigenvalue weighted by Crippen LogP contribution is -2.55. The molecule has 0 radical (unpaired) electrons. The van der Waals surface area contributed by atoms with E-state index in [1.807, 2.05) is 44.3 Å². The first kappa shape index (κ1) is 24.0. The first-order chi connectivity index (χ1) is 18.3. The van der Waals surface area contributed by atoms with Crippen molar-refractivity contribution in [2.75, 3.05) is 35.7 Å². The number of nitrogens with one attached hydrogen (secondary N) is 3. The number of hydrogen-bond donors (Lipinski definition) is 3. The Bertz CT molecular complexity index is 1540. The number of carbonyl (C=O) groups excluding carboxylic acids is 1. The van der Waals surface area contributed by atoms with E-state index in [0.717, 1.165) is 46.8 Å². The lowest BCUT2D eigenvalue weighted by molar-refractivity contribution is -0.113. The molecule has 6 rings (SSSR count). The SMILES string of the molecule is CC1=C(C(=O)Nc2ccc3[nH]nc(-c4ccnc(N5C[C@@H](C)N(C)[C@@H](C)C5)c4)c3c2)[C@@H](C)n2nnnc2N1. The fraction of sp³-hybridized carbons (Fsp3) is 0.385. The number of nitrogens with zero attached hydrogens (tertiary/aromatic N) is 8. The van der Waals surface area contributed by atoms with E-state index >= 15 is 0 Å². The number of tetrazole rings is 1. The van der Waals surface area contributed by atoms with Crippen LogP contribution in [0.15, 0.2) is 47.8 Å². The average Bonchev–Trinajstić information content (AvgIpc) is 3.54. The number of aromatic nitrogens is 7. The highest BCUT2D eigenvalue weighted by Gasteiger charge is 2.30. The van der Waals surface area contributed by atoms with Gasteiger partial charge in [0.25, 0.3) is 5.91 Å². The molecule has 0 bridgehead atoms. The van der Waals surface area contributed by atoms with Gasteiger partial charge in [-0.15, -0.1) is 0 Å². The van der Waals surface area contributed by atoms with Crippen LogP contribution < -0.4 is 15.5 Å². The molecule has 12 nitrogen and oxygen atoms in total. The Kier molecular flexibility index (Phi) is 5.83. The smallest absolute Gasteiger partial charge is 0.255 e. The molecule has 1 aromatic carbocycles. The van der Waals surface area contributed by atoms with Crippen molar-refractivity contribution in [2.45, 2.75) is 45.8 Å². The van der Waals surface area contributed by atoms with Crippen LogP contribution in [0.2, 0.25) is 0 Å². The summed E-state index contributed by atoms with van der Waals surface area (Å²) >= 11 is 0. The molecule has 1 saturated heterocycles. The summed E-state index contributed by atoms with van der Waals surface area (Å²) in [6.07, 6.45) is 1.84. The average molecular weight is 514 g/mol. The molecule has 4 aromatic rings. The molecule has 0 unspecified atom stereocenters. The molecule has 196 valence electrons. The number of carbonyl (C=O) groups is 1. The number of hydrogen-bond acceptors (Lipinski definition) is 9. The summed E-state index contributed by atoms with van der Waals surface area (Å²) in [4.78, 5) is 22.7. The topological polar surface area (TPSA) is 133 Å². The first-order valence-corrected chi connectivity index (χ1v) is 12.8. The van der Waals surface area contributed by atoms with Crippen molar-refractivity contribution in [1.29, 1.82) is 0 Å². The maximum atomic E-state index is 13.3. The fourth-order valence-electron chi connectivity index (χ4n) is 5.41. The van der Waals surface area contributed by atoms with Crippen LogP contribution in [0.5, 0.6) is 0 Å². The summed E-state index contributed by atoms with van der Waals surface area (Å²) in [5.74, 6) is 1.25. The molecule has 2 aliphatic rings. The molecule has 3 N–H and O–H groups in total. The van der Waals surface area contributed by atoms with E-state index in [0.29, 0.717) is 29.3 Å². The van der Waals surface area contributed by atoms with Gasteiger partial charge >= 0.3 is 0 Å². The Labute approximate surface area is 220 Å². The number of fused-ring (bicyclic) bond motifs is 2. The predicted octanol–water partition coefficient (Wildman–Crippen LogP) is 3.04. The standard InChI is InChI=1S/C26H31N11O/c1-14-12-36(13-15(2)35(14)5)22-10-18(8-9-27-22)24-20-11-19(6-7-21(20)30-31-24)29-25(38)23-16(3)28-26-32-33-34-37(26)17(23)4/h6-11,14-15,17H,12-13H2,1-5H3,(H,29,38)(H,30,31)(H,28,32,34)/t14-,15+,17-/m1/s1. The van der Waals surface area contributed by atoms with E-state index in [9.17, 15) is 4.79 Å². The number of benzene rings is 1. The van der Waals surface area contributed by atoms with E-state index in [-0.39, 0.29) is 11.9 Å². The quantitative estimate of drug-likeness (QED) is 0.377. The highest BCUT2D eigenvalue weighted by Crippen LogP contribution is 2.32. The summed E-state index contributed by atoms with van der Waals surface area (Å²) in [7, 11) is 2.18. The third-order valence-corrected chi connectivity index (χ3v) is 7.75. The van der Waals surface area contributed by atoms with E-state index < -0.39 is 0 Å². The summed E-state index contributed by atoms with van der Waals surface area (Å²) in [6, 6.07) is 10.4. The number of H-pyrrole nitrogens is 1. The number of pyridine rings is 1. The second kappa shape index (κ2) is 9.21. The second-order valence-electron chi connectivity index (χ2n) is 10.2. The van der Waals surface area contributed by atoms with Crippen LogP contribution in [-0.2, 0) is 4.79 Å². The van der Waals surface area contributed by atoms with Crippen LogP contribution in [0.3, 0.4) is 0 Å². The van der Waals surface area contributed by atoms with Gasteiger partial charge in [-0.25, -0.2) is 9.67 Å². The zero-order valence-corrected chi connectivity index (χ0v) is 22.1. The van der Waals surface area contributed by atoms with Crippen molar-refractivity contribution in [2.24, 2.45) is 0 Å². The number of rotatable bonds is 4. The van der Waals surface area contributed by atoms with Gasteiger partial charge in [-0.3, -0.25) is 14.8 Å². The Morgan fingerprint density at radius 3 is 2.68 bits per heavy atom. The van der Waals surface area contributed by atoms with Crippen LogP contribution in [-0.4, -0.2) is 78.4 Å². The van der Waals surface area contributed by atoms with E-state index in [1.165, 1.54) is 0 Å². The molecule has 3 aromatic heterocycles. The monoisotopic (exact) mass is 513 g/mol. The number of likely N-dealkylation sites (N-methyl/N-ethyl adjacent to an activating group) is 1. The van der Waals surface area contributed by atoms with Gasteiger partial charge in [0.05, 0.1) is 17.1 Å². The van der Waals surface area contributed by atoms with Crippen molar-refractivity contribution in [1.82, 2.24) is 40.3 Å². The van der Waals surface area contributed by atoms with E-state index in [1.54, 1.807) is 4.68 Å². The lowest BCUT2D eigenvalue weighted by Gasteiger charge is -2.43. The molecule has 3 atom stereocenters. The molecular weight excluding hydrogens is 482 g/mol. The normalized spacial score (nSPS) is 21.9. The van der Waals surface area contributed by atoms with Crippen molar-refractivity contribution in [3.05, 3.63) is 47.8 Å². The summed E-state index contributed by atoms with van der Waals surface area (Å²) in [5.41, 5.74) is 4.65. The highest BCUT2D eigenvalue weighted by atomic mass is 16.1. The van der Waals surface area contributed by atoms with Crippen LogP contribution in [0.25, 0.3) is 22.2 Å². The third kappa shape index (κ3) is 4.06. The van der Waals surface area contributed by atoms with Gasteiger partial charge in [0, 0.05) is 53.7 Å². The number of aromatic amines is 1. The van der Waals surface area contributed by atoms with Crippen molar-refractivity contribution in [3.8, 4) is 11.3 Å². The van der Waals surface area contributed by atoms with Gasteiger partial charge in [-0.05, 0) is 75.5 Å². The molecular formula is C26H31N11O. The Morgan fingerprint density at radius 1 is 1.11 bits per heavy atom. The zero-order valence-electron chi connectivity index (χ0n) is 22.1. The summed E-state index contributed by atoms with van der Waals surface area (Å²) in [6.45, 7) is 10.1. The van der Waals surface area contributed by atoms with E-state index in [2.05, 4.69) is 78.1 Å². The molecule has 5 heterocycles. The Balaban J connectivity index is 1.27. The molecule has 2 aliphatic heterocycles. The fourth-order valence-corrected chi connectivity index (χ4v) is 5.41. The molecule has 0 spiro atoms. The summed E-state index contributed by atoms with van der Waals surface area (Å²) < 4.78 is 1.60. The second-order valence-corrected chi connectivity index (χ2v) is 10.2. The van der Waals surface area contributed by atoms with Gasteiger partial charge in [-0.2, -0.15) is 5.10 Å². The van der Waals surface area contributed by atoms with Crippen LogP contribution in [0.1, 0.15) is 33.7 Å². The molecule has 0 aliphatic carbocycles. The van der Waals surface area contributed by atoms with Gasteiger partial charge in [0.2, 0.25) is 5.95 Å². The summed E-state index contributed by atoms with van der Waals surface area (Å²) in [5, 5.41) is 26.5. The Hall–Kier alpha value is -4.32. The minimum Gasteiger partial charge on any atom is -0.353 e. The van der Waals surface area contributed by atoms with Gasteiger partial charge in [0.15, 0.2) is 0 Å². The maximum Gasteiger partial charge on any atom is 0.255 e. The number of piperazine rings is 1. The maximum absolute atomic E-state index is 13.3. The number of anilines is 3. The first-order valence-electron chi connectivity index (χ1n) is 12.8. The van der Waals surface area contributed by atoms with Gasteiger partial charge in [0.1, 0.15) is 11.5 Å². The molecule has 1 fully saturated rings. The minimum absolute atomic E-state index is 0.211. The van der Waals surface area contributed by atoms with Crippen molar-refractivity contribution < 1.29 is 4.79 Å². The molecule has 0 saturated carbocycles. The highest BCUT2D eigenvalue weighted by molar-refractivity contribution is 6.07. The number of allylic oxidation sites excluding steroid dienone is 1. The van der Waals surface area contributed by atoms with Gasteiger partial charge < -0.3 is 15.5 Å². The lowest BCUT2D eigenvalue weighted by atomic mass is 10.0. The van der Waals surface area contributed by atoms with Crippen molar-refractivity contribution >= 4 is 34.3 Å².